The molecule has 0 bridgehead atoms. The standard InChI is InChI=1S/C18H13F3N4O/c19-18(20,21)15-4-2-1-3-12(15)9-25-17(26)13-5-6-16(24-10-13)14-7-22-11-23-8-14/h1-8,10-11H,9H2,(H,25,26). The van der Waals surface area contributed by atoms with Crippen molar-refractivity contribution < 1.29 is 18.0 Å². The van der Waals surface area contributed by atoms with Crippen LogP contribution in [0.15, 0.2) is 61.3 Å². The van der Waals surface area contributed by atoms with Crippen molar-refractivity contribution >= 4 is 5.91 Å². The molecule has 0 aliphatic carbocycles. The number of alkyl halides is 3. The molecular formula is C18H13F3N4O. The van der Waals surface area contributed by atoms with Crippen LogP contribution in [0.2, 0.25) is 0 Å². The maximum Gasteiger partial charge on any atom is 0.416 e. The summed E-state index contributed by atoms with van der Waals surface area (Å²) in [6.07, 6.45) is 1.45. The van der Waals surface area contributed by atoms with Gasteiger partial charge in [0.15, 0.2) is 0 Å². The quantitative estimate of drug-likeness (QED) is 0.775. The van der Waals surface area contributed by atoms with Gasteiger partial charge in [0.25, 0.3) is 5.91 Å². The van der Waals surface area contributed by atoms with Crippen molar-refractivity contribution in [1.29, 1.82) is 0 Å². The number of benzene rings is 1. The number of rotatable bonds is 4. The molecule has 2 heterocycles. The van der Waals surface area contributed by atoms with Crippen LogP contribution in [0, 0.1) is 0 Å². The van der Waals surface area contributed by atoms with Gasteiger partial charge in [-0.15, -0.1) is 0 Å². The van der Waals surface area contributed by atoms with E-state index in [4.69, 9.17) is 0 Å². The molecule has 1 amide bonds. The summed E-state index contributed by atoms with van der Waals surface area (Å²) in [5, 5.41) is 2.48. The summed E-state index contributed by atoms with van der Waals surface area (Å²) in [6, 6.07) is 8.29. The number of hydrogen-bond acceptors (Lipinski definition) is 4. The third-order valence-corrected chi connectivity index (χ3v) is 3.64. The Balaban J connectivity index is 1.70. The average molecular weight is 358 g/mol. The van der Waals surface area contributed by atoms with Crippen LogP contribution in [0.4, 0.5) is 13.2 Å². The molecule has 0 spiro atoms. The second kappa shape index (κ2) is 7.30. The van der Waals surface area contributed by atoms with Gasteiger partial charge in [0.05, 0.1) is 16.8 Å². The van der Waals surface area contributed by atoms with Crippen LogP contribution < -0.4 is 5.32 Å². The first-order valence-electron chi connectivity index (χ1n) is 7.60. The number of halogens is 3. The molecule has 0 saturated carbocycles. The Morgan fingerprint density at radius 1 is 1.00 bits per heavy atom. The molecule has 1 aromatic carbocycles. The van der Waals surface area contributed by atoms with Crippen LogP contribution in [0.3, 0.4) is 0 Å². The highest BCUT2D eigenvalue weighted by molar-refractivity contribution is 5.94. The molecule has 1 N–H and O–H groups in total. The minimum atomic E-state index is -4.47. The molecule has 0 atom stereocenters. The van der Waals surface area contributed by atoms with Gasteiger partial charge in [0, 0.05) is 30.7 Å². The fourth-order valence-electron chi connectivity index (χ4n) is 2.36. The van der Waals surface area contributed by atoms with Crippen molar-refractivity contribution in [3.05, 3.63) is 78.0 Å². The smallest absolute Gasteiger partial charge is 0.348 e. The Morgan fingerprint density at radius 3 is 2.38 bits per heavy atom. The lowest BCUT2D eigenvalue weighted by Gasteiger charge is -2.13. The van der Waals surface area contributed by atoms with Gasteiger partial charge >= 0.3 is 6.18 Å². The van der Waals surface area contributed by atoms with Gasteiger partial charge in [-0.1, -0.05) is 18.2 Å². The van der Waals surface area contributed by atoms with Crippen LogP contribution in [0.1, 0.15) is 21.5 Å². The van der Waals surface area contributed by atoms with Gasteiger partial charge in [-0.05, 0) is 23.8 Å². The molecule has 0 fully saturated rings. The molecular weight excluding hydrogens is 345 g/mol. The van der Waals surface area contributed by atoms with Gasteiger partial charge in [-0.2, -0.15) is 13.2 Å². The molecule has 2 aromatic heterocycles. The molecule has 3 aromatic rings. The van der Waals surface area contributed by atoms with Crippen molar-refractivity contribution in [2.24, 2.45) is 0 Å². The molecule has 8 heteroatoms. The van der Waals surface area contributed by atoms with E-state index in [9.17, 15) is 18.0 Å². The highest BCUT2D eigenvalue weighted by Gasteiger charge is 2.32. The second-order valence-corrected chi connectivity index (χ2v) is 5.40. The first-order valence-corrected chi connectivity index (χ1v) is 7.60. The van der Waals surface area contributed by atoms with Crippen molar-refractivity contribution in [1.82, 2.24) is 20.3 Å². The molecule has 0 saturated heterocycles. The predicted octanol–water partition coefficient (Wildman–Crippen LogP) is 3.49. The van der Waals surface area contributed by atoms with Gasteiger partial charge < -0.3 is 5.32 Å². The molecule has 26 heavy (non-hydrogen) atoms. The van der Waals surface area contributed by atoms with Gasteiger partial charge in [-0.3, -0.25) is 9.78 Å². The molecule has 0 aliphatic rings. The highest BCUT2D eigenvalue weighted by atomic mass is 19.4. The molecule has 0 radical (unpaired) electrons. The van der Waals surface area contributed by atoms with E-state index >= 15 is 0 Å². The number of pyridine rings is 1. The van der Waals surface area contributed by atoms with Crippen molar-refractivity contribution in [3.63, 3.8) is 0 Å². The zero-order chi connectivity index (χ0) is 18.6. The summed E-state index contributed by atoms with van der Waals surface area (Å²) in [5.41, 5.74) is 0.760. The predicted molar refractivity (Wildman–Crippen MR) is 87.9 cm³/mol. The molecule has 0 unspecified atom stereocenters. The number of nitrogens with one attached hydrogen (secondary N) is 1. The Bertz CT molecular complexity index is 896. The largest absolute Gasteiger partial charge is 0.416 e. The molecule has 5 nitrogen and oxygen atoms in total. The lowest BCUT2D eigenvalue weighted by molar-refractivity contribution is -0.138. The van der Waals surface area contributed by atoms with Crippen molar-refractivity contribution in [3.8, 4) is 11.3 Å². The van der Waals surface area contributed by atoms with Crippen LogP contribution in [0.25, 0.3) is 11.3 Å². The molecule has 3 rings (SSSR count). The zero-order valence-corrected chi connectivity index (χ0v) is 13.4. The van der Waals surface area contributed by atoms with E-state index in [0.717, 1.165) is 6.07 Å². The Kier molecular flexibility index (Phi) is 4.92. The number of hydrogen-bond donors (Lipinski definition) is 1. The summed E-state index contributed by atoms with van der Waals surface area (Å²) in [6.45, 7) is -0.233. The zero-order valence-electron chi connectivity index (χ0n) is 13.4. The lowest BCUT2D eigenvalue weighted by Crippen LogP contribution is -2.24. The summed E-state index contributed by atoms with van der Waals surface area (Å²) in [5.74, 6) is -0.509. The third kappa shape index (κ3) is 4.02. The molecule has 0 aliphatic heterocycles. The summed E-state index contributed by atoms with van der Waals surface area (Å²) < 4.78 is 38.9. The fraction of sp³-hybridized carbons (Fsp3) is 0.111. The normalized spacial score (nSPS) is 11.2. The van der Waals surface area contributed by atoms with Crippen LogP contribution >= 0.6 is 0 Å². The fourth-order valence-corrected chi connectivity index (χ4v) is 2.36. The topological polar surface area (TPSA) is 67.8 Å². The average Bonchev–Trinajstić information content (AvgIpc) is 2.66. The minimum absolute atomic E-state index is 0.000589. The Labute approximate surface area is 147 Å². The van der Waals surface area contributed by atoms with Gasteiger partial charge in [-0.25, -0.2) is 9.97 Å². The van der Waals surface area contributed by atoms with Crippen LogP contribution in [-0.2, 0) is 12.7 Å². The second-order valence-electron chi connectivity index (χ2n) is 5.40. The third-order valence-electron chi connectivity index (χ3n) is 3.64. The molecule has 132 valence electrons. The van der Waals surface area contributed by atoms with E-state index in [1.165, 1.54) is 30.7 Å². The van der Waals surface area contributed by atoms with Gasteiger partial charge in [0.2, 0.25) is 0 Å². The van der Waals surface area contributed by atoms with Crippen LogP contribution in [-0.4, -0.2) is 20.9 Å². The van der Waals surface area contributed by atoms with E-state index in [1.807, 2.05) is 0 Å². The Morgan fingerprint density at radius 2 is 1.73 bits per heavy atom. The SMILES string of the molecule is O=C(NCc1ccccc1C(F)(F)F)c1ccc(-c2cncnc2)nc1. The van der Waals surface area contributed by atoms with E-state index < -0.39 is 17.6 Å². The number of nitrogens with zero attached hydrogens (tertiary/aromatic N) is 3. The monoisotopic (exact) mass is 358 g/mol. The summed E-state index contributed by atoms with van der Waals surface area (Å²) in [4.78, 5) is 24.1. The number of aromatic nitrogens is 3. The summed E-state index contributed by atoms with van der Waals surface area (Å²) in [7, 11) is 0. The summed E-state index contributed by atoms with van der Waals surface area (Å²) >= 11 is 0. The Hall–Kier alpha value is -3.29. The lowest BCUT2D eigenvalue weighted by atomic mass is 10.1. The van der Waals surface area contributed by atoms with E-state index in [1.54, 1.807) is 24.5 Å². The van der Waals surface area contributed by atoms with Crippen LogP contribution in [0.5, 0.6) is 0 Å². The number of carbonyl (C=O) groups excluding carboxylic acids is 1. The number of carbonyl (C=O) groups is 1. The van der Waals surface area contributed by atoms with Gasteiger partial charge in [0.1, 0.15) is 6.33 Å². The van der Waals surface area contributed by atoms with Crippen molar-refractivity contribution in [2.45, 2.75) is 12.7 Å². The maximum absolute atomic E-state index is 13.0. The first-order chi connectivity index (χ1) is 12.4. The van der Waals surface area contributed by atoms with E-state index in [2.05, 4.69) is 20.3 Å². The van der Waals surface area contributed by atoms with Crippen molar-refractivity contribution in [2.75, 3.05) is 0 Å². The first kappa shape index (κ1) is 17.5. The maximum atomic E-state index is 13.0. The number of amides is 1. The van der Waals surface area contributed by atoms with E-state index in [0.29, 0.717) is 11.3 Å². The van der Waals surface area contributed by atoms with E-state index in [-0.39, 0.29) is 17.7 Å². The highest BCUT2D eigenvalue weighted by Crippen LogP contribution is 2.31. The minimum Gasteiger partial charge on any atom is -0.348 e.